The quantitative estimate of drug-likeness (QED) is 0.619. The van der Waals surface area contributed by atoms with Crippen molar-refractivity contribution in [3.63, 3.8) is 0 Å². The Bertz CT molecular complexity index is 469. The Kier molecular flexibility index (Phi) is 1.51. The van der Waals surface area contributed by atoms with Crippen LogP contribution in [-0.4, -0.2) is 12.2 Å². The molecule has 1 heterocycles. The standard InChI is InChI=1S/C16H28O/c1-9-13(2,3)11-10(17-9)12-15(6,7)16(12,8)14(11,4)5/h9-12H,1-8H3/t9-,10-,11-,12-,16+/m0/s1/i11T,12T. The maximum absolute atomic E-state index is 9.28. The average Bonchev–Trinajstić information content (AvgIpc) is 2.46. The van der Waals surface area contributed by atoms with Gasteiger partial charge < -0.3 is 4.74 Å². The van der Waals surface area contributed by atoms with Gasteiger partial charge in [-0.05, 0) is 40.4 Å². The van der Waals surface area contributed by atoms with Crippen LogP contribution in [0.15, 0.2) is 0 Å². The second-order valence-electron chi connectivity index (χ2n) is 8.08. The van der Waals surface area contributed by atoms with Crippen LogP contribution in [0.1, 0.15) is 58.1 Å². The molecule has 0 radical (unpaired) electrons. The lowest BCUT2D eigenvalue weighted by molar-refractivity contribution is 0.0146. The smallest absolute Gasteiger partial charge is 0.0657 e. The molecule has 0 spiro atoms. The molecule has 5 atom stereocenters. The zero-order valence-corrected chi connectivity index (χ0v) is 12.6. The topological polar surface area (TPSA) is 9.23 Å². The van der Waals surface area contributed by atoms with Gasteiger partial charge >= 0.3 is 0 Å². The fourth-order valence-electron chi connectivity index (χ4n) is 5.20. The van der Waals surface area contributed by atoms with Crippen LogP contribution in [0.25, 0.3) is 0 Å². The van der Waals surface area contributed by atoms with Gasteiger partial charge in [0.1, 0.15) is 0 Å². The third-order valence-corrected chi connectivity index (χ3v) is 6.90. The highest BCUT2D eigenvalue weighted by atomic mass is 16.5. The molecule has 0 aromatic rings. The highest BCUT2D eigenvalue weighted by Crippen LogP contribution is 2.87. The normalized spacial score (nSPS) is 66.8. The van der Waals surface area contributed by atoms with Crippen LogP contribution in [0.2, 0.25) is 0 Å². The molecule has 0 aromatic heterocycles. The minimum absolute atomic E-state index is 0.0393. The molecule has 0 aromatic carbocycles. The first-order valence-electron chi connectivity index (χ1n) is 7.91. The van der Waals surface area contributed by atoms with E-state index in [1.54, 1.807) is 0 Å². The van der Waals surface area contributed by atoms with Gasteiger partial charge in [-0.2, -0.15) is 0 Å². The van der Waals surface area contributed by atoms with Crippen LogP contribution >= 0.6 is 0 Å². The van der Waals surface area contributed by atoms with Gasteiger partial charge in [-0.15, -0.1) is 0 Å². The summed E-state index contributed by atoms with van der Waals surface area (Å²) in [6, 6.07) is 0. The van der Waals surface area contributed by atoms with Gasteiger partial charge in [0.2, 0.25) is 0 Å². The molecule has 2 saturated carbocycles. The monoisotopic (exact) mass is 240 g/mol. The van der Waals surface area contributed by atoms with E-state index in [9.17, 15) is 1.37 Å². The molecule has 3 fully saturated rings. The van der Waals surface area contributed by atoms with Crippen LogP contribution in [0.4, 0.5) is 0 Å². The first kappa shape index (κ1) is 9.83. The second-order valence-corrected chi connectivity index (χ2v) is 8.08. The number of hydrogen-bond donors (Lipinski definition) is 0. The molecule has 1 aliphatic heterocycles. The molecule has 1 heteroatoms. The third-order valence-electron chi connectivity index (χ3n) is 6.90. The molecule has 0 amide bonds. The highest BCUT2D eigenvalue weighted by Gasteiger charge is 2.85. The molecular formula is C16H28O. The van der Waals surface area contributed by atoms with E-state index in [1.165, 1.54) is 0 Å². The zero-order valence-electron chi connectivity index (χ0n) is 14.6. The molecular weight excluding hydrogens is 208 g/mol. The van der Waals surface area contributed by atoms with Gasteiger partial charge in [-0.3, -0.25) is 0 Å². The third kappa shape index (κ3) is 0.926. The first-order chi connectivity index (χ1) is 8.26. The molecule has 0 unspecified atom stereocenters. The maximum atomic E-state index is 9.28. The molecule has 2 aliphatic carbocycles. The Morgan fingerprint density at radius 3 is 1.88 bits per heavy atom. The van der Waals surface area contributed by atoms with Crippen molar-refractivity contribution in [2.45, 2.75) is 67.6 Å². The average molecular weight is 240 g/mol. The molecule has 98 valence electrons. The largest absolute Gasteiger partial charge is 0.374 e. The highest BCUT2D eigenvalue weighted by molar-refractivity contribution is 5.32. The minimum Gasteiger partial charge on any atom is -0.374 e. The summed E-state index contributed by atoms with van der Waals surface area (Å²) in [5, 5.41) is 0. The maximum Gasteiger partial charge on any atom is 0.0657 e. The van der Waals surface area contributed by atoms with Crippen LogP contribution in [0.3, 0.4) is 0 Å². The predicted octanol–water partition coefficient (Wildman–Crippen LogP) is 4.12. The van der Waals surface area contributed by atoms with Crippen molar-refractivity contribution in [2.24, 2.45) is 33.4 Å². The van der Waals surface area contributed by atoms with Crippen molar-refractivity contribution in [2.75, 3.05) is 0 Å². The molecule has 1 saturated heterocycles. The summed E-state index contributed by atoms with van der Waals surface area (Å²) in [6.07, 6.45) is -0.238. The fourth-order valence-corrected chi connectivity index (χ4v) is 5.20. The van der Waals surface area contributed by atoms with Gasteiger partial charge in [-0.25, -0.2) is 0 Å². The van der Waals surface area contributed by atoms with Crippen LogP contribution < -0.4 is 0 Å². The number of ether oxygens (including phenoxy) is 1. The van der Waals surface area contributed by atoms with Gasteiger partial charge in [0, 0.05) is 2.74 Å². The lowest BCUT2D eigenvalue weighted by Gasteiger charge is -2.45. The van der Waals surface area contributed by atoms with Gasteiger partial charge in [0.25, 0.3) is 0 Å². The predicted molar refractivity (Wildman–Crippen MR) is 70.8 cm³/mol. The summed E-state index contributed by atoms with van der Waals surface area (Å²) >= 11 is 0. The summed E-state index contributed by atoms with van der Waals surface area (Å²) in [6.45, 7) is 17.3. The zero-order chi connectivity index (χ0) is 14.9. The SMILES string of the molecule is [3H][C@]12[C@H](O[C@@H](C)C1(C)C)[C@@]1([3H])C(C)(C)[C@@]1(C)C2(C)C. The van der Waals surface area contributed by atoms with Crippen LogP contribution in [0.5, 0.6) is 0 Å². The Hall–Kier alpha value is -0.0400. The summed E-state index contributed by atoms with van der Waals surface area (Å²) in [7, 11) is 0. The van der Waals surface area contributed by atoms with Crippen molar-refractivity contribution in [3.8, 4) is 0 Å². The van der Waals surface area contributed by atoms with E-state index in [0.717, 1.165) is 0 Å². The van der Waals surface area contributed by atoms with E-state index in [4.69, 9.17) is 6.11 Å². The lowest BCUT2D eigenvalue weighted by atomic mass is 9.58. The fraction of sp³-hybridized carbons (Fsp3) is 1.00. The Morgan fingerprint density at radius 1 is 0.882 bits per heavy atom. The van der Waals surface area contributed by atoms with E-state index in [0.29, 0.717) is 0 Å². The summed E-state index contributed by atoms with van der Waals surface area (Å²) in [5.74, 6) is -1.32. The summed E-state index contributed by atoms with van der Waals surface area (Å²) in [5.41, 5.74) is -0.693. The number of hydrogen-bond acceptors (Lipinski definition) is 1. The molecule has 1 nitrogen and oxygen atoms in total. The van der Waals surface area contributed by atoms with Gasteiger partial charge in [-0.1, -0.05) is 48.5 Å². The van der Waals surface area contributed by atoms with Crippen LogP contribution in [-0.2, 0) is 4.74 Å². The van der Waals surface area contributed by atoms with E-state index in [1.807, 2.05) is 0 Å². The van der Waals surface area contributed by atoms with Gasteiger partial charge in [0.15, 0.2) is 0 Å². The lowest BCUT2D eigenvalue weighted by Crippen LogP contribution is -2.43. The van der Waals surface area contributed by atoms with Crippen molar-refractivity contribution >= 4 is 0 Å². The molecule has 17 heavy (non-hydrogen) atoms. The van der Waals surface area contributed by atoms with Crippen molar-refractivity contribution in [1.82, 2.24) is 0 Å². The Morgan fingerprint density at radius 2 is 1.35 bits per heavy atom. The molecule has 3 aliphatic rings. The van der Waals surface area contributed by atoms with Crippen molar-refractivity contribution in [1.29, 1.82) is 0 Å². The summed E-state index contributed by atoms with van der Waals surface area (Å²) < 4.78 is 24.6. The van der Waals surface area contributed by atoms with E-state index in [-0.39, 0.29) is 33.9 Å². The van der Waals surface area contributed by atoms with Crippen molar-refractivity contribution < 1.29 is 7.48 Å². The minimum atomic E-state index is -0.689. The number of rotatable bonds is 0. The Labute approximate surface area is 109 Å². The van der Waals surface area contributed by atoms with E-state index in [2.05, 4.69) is 55.4 Å². The molecule has 0 bridgehead atoms. The number of fused-ring (bicyclic) bond motifs is 3. The molecule has 3 rings (SSSR count). The second kappa shape index (κ2) is 2.61. The molecule has 0 N–H and O–H groups in total. The van der Waals surface area contributed by atoms with E-state index < -0.39 is 11.8 Å². The first-order valence-corrected chi connectivity index (χ1v) is 6.91. The van der Waals surface area contributed by atoms with Crippen LogP contribution in [0, 0.1) is 33.4 Å². The van der Waals surface area contributed by atoms with Gasteiger partial charge in [0.05, 0.1) is 12.2 Å². The van der Waals surface area contributed by atoms with E-state index >= 15 is 0 Å². The summed E-state index contributed by atoms with van der Waals surface area (Å²) in [4.78, 5) is 0. The Balaban J connectivity index is 2.27. The van der Waals surface area contributed by atoms with Crippen molar-refractivity contribution in [3.05, 3.63) is 0 Å².